The number of hydrogen-bond donors (Lipinski definition) is 1. The lowest BCUT2D eigenvalue weighted by atomic mass is 10.1. The van der Waals surface area contributed by atoms with Crippen LogP contribution in [0.3, 0.4) is 0 Å². The van der Waals surface area contributed by atoms with Crippen molar-refractivity contribution in [1.82, 2.24) is 0 Å². The largest absolute Gasteiger partial charge is 0.465 e. The molecule has 0 radical (unpaired) electrons. The molecule has 1 atom stereocenters. The summed E-state index contributed by atoms with van der Waals surface area (Å²) >= 11 is 6.31. The summed E-state index contributed by atoms with van der Waals surface area (Å²) in [6, 6.07) is 2.41. The first-order chi connectivity index (χ1) is 7.97. The van der Waals surface area contributed by atoms with Gasteiger partial charge in [-0.2, -0.15) is 0 Å². The van der Waals surface area contributed by atoms with E-state index in [9.17, 15) is 9.18 Å². The summed E-state index contributed by atoms with van der Waals surface area (Å²) in [6.07, 6.45) is 0.0880. The molecule has 0 aliphatic rings. The Morgan fingerprint density at radius 1 is 1.47 bits per heavy atom. The van der Waals surface area contributed by atoms with Gasteiger partial charge in [0.15, 0.2) is 0 Å². The molecule has 1 aromatic carbocycles. The van der Waals surface area contributed by atoms with Gasteiger partial charge in [0.05, 0.1) is 11.1 Å². The Bertz CT molecular complexity index is 426. The fourth-order valence-electron chi connectivity index (χ4n) is 1.31. The van der Waals surface area contributed by atoms with Gasteiger partial charge < -0.3 is 10.5 Å². The molecule has 1 aromatic rings. The van der Waals surface area contributed by atoms with E-state index in [0.717, 1.165) is 0 Å². The molecule has 17 heavy (non-hydrogen) atoms. The number of esters is 1. The van der Waals surface area contributed by atoms with Crippen LogP contribution in [0.1, 0.15) is 12.5 Å². The summed E-state index contributed by atoms with van der Waals surface area (Å²) in [6.45, 7) is 1.95. The summed E-state index contributed by atoms with van der Waals surface area (Å²) in [5, 5.41) is 0. The number of halogens is 3. The zero-order valence-corrected chi connectivity index (χ0v) is 12.3. The molecule has 3 nitrogen and oxygen atoms in total. The number of hydrogen-bond acceptors (Lipinski definition) is 3. The Labute approximate surface area is 116 Å². The highest BCUT2D eigenvalue weighted by molar-refractivity contribution is 9.11. The van der Waals surface area contributed by atoms with Crippen LogP contribution >= 0.6 is 31.9 Å². The maximum Gasteiger partial charge on any atom is 0.323 e. The monoisotopic (exact) mass is 367 g/mol. The Hall–Kier alpha value is -0.460. The van der Waals surface area contributed by atoms with Crippen molar-refractivity contribution in [2.24, 2.45) is 5.73 Å². The van der Waals surface area contributed by atoms with E-state index in [4.69, 9.17) is 10.5 Å². The van der Waals surface area contributed by atoms with Gasteiger partial charge in [0.25, 0.3) is 0 Å². The molecule has 2 N–H and O–H groups in total. The van der Waals surface area contributed by atoms with E-state index in [1.165, 1.54) is 0 Å². The molecule has 1 rings (SSSR count). The second-order valence-corrected chi connectivity index (χ2v) is 5.09. The third-order valence-corrected chi connectivity index (χ3v) is 3.51. The fourth-order valence-corrected chi connectivity index (χ4v) is 2.15. The standard InChI is InChI=1S/C11H12Br2FNO2/c1-2-17-11(16)9(15)5-6-7(12)3-4-8(13)10(6)14/h3-4,9H,2,5,15H2,1H3. The van der Waals surface area contributed by atoms with E-state index in [1.54, 1.807) is 19.1 Å². The van der Waals surface area contributed by atoms with Crippen LogP contribution in [0, 0.1) is 5.82 Å². The van der Waals surface area contributed by atoms with Crippen molar-refractivity contribution in [3.05, 3.63) is 32.5 Å². The molecule has 0 amide bonds. The first-order valence-electron chi connectivity index (χ1n) is 5.02. The smallest absolute Gasteiger partial charge is 0.323 e. The van der Waals surface area contributed by atoms with Crippen LogP contribution in [0.5, 0.6) is 0 Å². The summed E-state index contributed by atoms with van der Waals surface area (Å²) in [5.41, 5.74) is 6.01. The van der Waals surface area contributed by atoms with E-state index in [2.05, 4.69) is 31.9 Å². The minimum atomic E-state index is -0.866. The van der Waals surface area contributed by atoms with Gasteiger partial charge in [0.2, 0.25) is 0 Å². The van der Waals surface area contributed by atoms with E-state index in [1.807, 2.05) is 0 Å². The Kier molecular flexibility index (Phi) is 5.55. The molecule has 0 fully saturated rings. The summed E-state index contributed by atoms with van der Waals surface area (Å²) in [7, 11) is 0. The van der Waals surface area contributed by atoms with Crippen molar-refractivity contribution in [3.63, 3.8) is 0 Å². The van der Waals surface area contributed by atoms with E-state index in [-0.39, 0.29) is 13.0 Å². The van der Waals surface area contributed by atoms with Crippen LogP contribution in [0.15, 0.2) is 21.1 Å². The quantitative estimate of drug-likeness (QED) is 0.656. The number of carbonyl (C=O) groups is 1. The van der Waals surface area contributed by atoms with Crippen molar-refractivity contribution in [2.75, 3.05) is 6.61 Å². The van der Waals surface area contributed by atoms with Crippen LogP contribution in [0.4, 0.5) is 4.39 Å². The predicted molar refractivity (Wildman–Crippen MR) is 70.1 cm³/mol. The van der Waals surface area contributed by atoms with Crippen molar-refractivity contribution in [1.29, 1.82) is 0 Å². The molecule has 6 heteroatoms. The van der Waals surface area contributed by atoms with Gasteiger partial charge in [-0.15, -0.1) is 0 Å². The molecule has 1 unspecified atom stereocenters. The van der Waals surface area contributed by atoms with E-state index >= 15 is 0 Å². The van der Waals surface area contributed by atoms with Gasteiger partial charge in [-0.3, -0.25) is 4.79 Å². The van der Waals surface area contributed by atoms with Crippen LogP contribution in [0.25, 0.3) is 0 Å². The fraction of sp³-hybridized carbons (Fsp3) is 0.364. The lowest BCUT2D eigenvalue weighted by Gasteiger charge is -2.13. The zero-order chi connectivity index (χ0) is 13.0. The average Bonchev–Trinajstić information content (AvgIpc) is 2.29. The van der Waals surface area contributed by atoms with Gasteiger partial charge >= 0.3 is 5.97 Å². The minimum absolute atomic E-state index is 0.0880. The van der Waals surface area contributed by atoms with Crippen molar-refractivity contribution >= 4 is 37.8 Å². The maximum absolute atomic E-state index is 13.8. The van der Waals surface area contributed by atoms with Crippen LogP contribution in [-0.2, 0) is 16.0 Å². The zero-order valence-electron chi connectivity index (χ0n) is 9.17. The van der Waals surface area contributed by atoms with Crippen molar-refractivity contribution in [2.45, 2.75) is 19.4 Å². The molecule has 0 bridgehead atoms. The second-order valence-electron chi connectivity index (χ2n) is 3.38. The Morgan fingerprint density at radius 2 is 2.06 bits per heavy atom. The third-order valence-electron chi connectivity index (χ3n) is 2.15. The number of rotatable bonds is 4. The van der Waals surface area contributed by atoms with Crippen molar-refractivity contribution in [3.8, 4) is 0 Å². The lowest BCUT2D eigenvalue weighted by molar-refractivity contribution is -0.144. The number of ether oxygens (including phenoxy) is 1. The lowest BCUT2D eigenvalue weighted by Crippen LogP contribution is -2.34. The molecule has 0 saturated carbocycles. The first kappa shape index (κ1) is 14.6. The van der Waals surface area contributed by atoms with Gasteiger partial charge in [-0.25, -0.2) is 4.39 Å². The number of benzene rings is 1. The maximum atomic E-state index is 13.8. The summed E-state index contributed by atoms with van der Waals surface area (Å²) < 4.78 is 19.5. The minimum Gasteiger partial charge on any atom is -0.465 e. The molecular weight excluding hydrogens is 357 g/mol. The SMILES string of the molecule is CCOC(=O)C(N)Cc1c(Br)ccc(Br)c1F. The van der Waals surface area contributed by atoms with Crippen LogP contribution in [-0.4, -0.2) is 18.6 Å². The molecule has 0 aliphatic heterocycles. The molecule has 0 aliphatic carbocycles. The van der Waals surface area contributed by atoms with Gasteiger partial charge in [0.1, 0.15) is 11.9 Å². The topological polar surface area (TPSA) is 52.3 Å². The van der Waals surface area contributed by atoms with Crippen LogP contribution in [0.2, 0.25) is 0 Å². The number of nitrogens with two attached hydrogens (primary N) is 1. The molecule has 0 heterocycles. The highest BCUT2D eigenvalue weighted by Gasteiger charge is 2.20. The molecule has 0 saturated heterocycles. The second kappa shape index (κ2) is 6.47. The molecule has 94 valence electrons. The van der Waals surface area contributed by atoms with E-state index in [0.29, 0.717) is 14.5 Å². The Balaban J connectivity index is 2.88. The predicted octanol–water partition coefficient (Wildman–Crippen LogP) is 2.78. The Morgan fingerprint density at radius 3 is 2.65 bits per heavy atom. The average molecular weight is 369 g/mol. The highest BCUT2D eigenvalue weighted by Crippen LogP contribution is 2.27. The first-order valence-corrected chi connectivity index (χ1v) is 6.60. The van der Waals surface area contributed by atoms with Gasteiger partial charge in [-0.1, -0.05) is 15.9 Å². The van der Waals surface area contributed by atoms with Crippen LogP contribution < -0.4 is 5.73 Å². The van der Waals surface area contributed by atoms with Gasteiger partial charge in [-0.05, 0) is 35.0 Å². The third kappa shape index (κ3) is 3.76. The normalized spacial score (nSPS) is 12.3. The molecule has 0 aromatic heterocycles. The number of carbonyl (C=O) groups excluding carboxylic acids is 1. The highest BCUT2D eigenvalue weighted by atomic mass is 79.9. The van der Waals surface area contributed by atoms with E-state index < -0.39 is 17.8 Å². The molecule has 0 spiro atoms. The summed E-state index contributed by atoms with van der Waals surface area (Å²) in [5.74, 6) is -0.946. The van der Waals surface area contributed by atoms with Crippen molar-refractivity contribution < 1.29 is 13.9 Å². The van der Waals surface area contributed by atoms with Gasteiger partial charge in [0, 0.05) is 16.5 Å². The molecular formula is C11H12Br2FNO2. The summed E-state index contributed by atoms with van der Waals surface area (Å²) in [4.78, 5) is 11.4.